The highest BCUT2D eigenvalue weighted by Gasteiger charge is 2.13. The zero-order valence-electron chi connectivity index (χ0n) is 13.5. The van der Waals surface area contributed by atoms with Gasteiger partial charge in [-0.1, -0.05) is 12.2 Å². The third-order valence-electron chi connectivity index (χ3n) is 3.17. The SMILES string of the molecule is C=C(C)CONC(=O)c1ccc(F)cc1Nc1ccc(I)cc1C. The molecular weight excluding hydrogens is 422 g/mol. The van der Waals surface area contributed by atoms with Crippen molar-refractivity contribution < 1.29 is 14.0 Å². The van der Waals surface area contributed by atoms with Crippen LogP contribution in [0.25, 0.3) is 0 Å². The van der Waals surface area contributed by atoms with Crippen LogP contribution in [0.2, 0.25) is 0 Å². The van der Waals surface area contributed by atoms with Crippen LogP contribution in [0.3, 0.4) is 0 Å². The fraction of sp³-hybridized carbons (Fsp3) is 0.167. The summed E-state index contributed by atoms with van der Waals surface area (Å²) in [7, 11) is 0. The summed E-state index contributed by atoms with van der Waals surface area (Å²) in [6, 6.07) is 9.76. The molecule has 0 bridgehead atoms. The highest BCUT2D eigenvalue weighted by atomic mass is 127. The van der Waals surface area contributed by atoms with E-state index < -0.39 is 11.7 Å². The van der Waals surface area contributed by atoms with Crippen LogP contribution in [0.5, 0.6) is 0 Å². The molecule has 126 valence electrons. The van der Waals surface area contributed by atoms with E-state index in [0.29, 0.717) is 5.69 Å². The predicted molar refractivity (Wildman–Crippen MR) is 102 cm³/mol. The molecule has 2 N–H and O–H groups in total. The van der Waals surface area contributed by atoms with Crippen molar-refractivity contribution in [1.82, 2.24) is 5.48 Å². The molecule has 0 aliphatic heterocycles. The highest BCUT2D eigenvalue weighted by Crippen LogP contribution is 2.25. The van der Waals surface area contributed by atoms with Gasteiger partial charge in [-0.2, -0.15) is 0 Å². The molecule has 0 fully saturated rings. The van der Waals surface area contributed by atoms with Gasteiger partial charge in [-0.3, -0.25) is 9.63 Å². The third kappa shape index (κ3) is 5.04. The number of carbonyl (C=O) groups excluding carboxylic acids is 1. The number of nitrogens with one attached hydrogen (secondary N) is 2. The first-order valence-electron chi connectivity index (χ1n) is 7.26. The van der Waals surface area contributed by atoms with E-state index in [9.17, 15) is 9.18 Å². The zero-order valence-corrected chi connectivity index (χ0v) is 15.6. The Morgan fingerprint density at radius 2 is 2.00 bits per heavy atom. The minimum Gasteiger partial charge on any atom is -0.355 e. The minimum atomic E-state index is -0.457. The first kappa shape index (κ1) is 18.4. The van der Waals surface area contributed by atoms with Gasteiger partial charge in [0, 0.05) is 9.26 Å². The van der Waals surface area contributed by atoms with Gasteiger partial charge in [0.05, 0.1) is 17.9 Å². The molecule has 0 spiro atoms. The Morgan fingerprint density at radius 3 is 2.67 bits per heavy atom. The van der Waals surface area contributed by atoms with E-state index >= 15 is 0 Å². The number of benzene rings is 2. The summed E-state index contributed by atoms with van der Waals surface area (Å²) in [5, 5.41) is 3.11. The van der Waals surface area contributed by atoms with Gasteiger partial charge in [0.15, 0.2) is 0 Å². The number of amides is 1. The summed E-state index contributed by atoms with van der Waals surface area (Å²) in [5.41, 5.74) is 5.58. The van der Waals surface area contributed by atoms with E-state index in [1.54, 1.807) is 6.92 Å². The van der Waals surface area contributed by atoms with Gasteiger partial charge >= 0.3 is 0 Å². The molecule has 0 aliphatic rings. The van der Waals surface area contributed by atoms with Crippen molar-refractivity contribution >= 4 is 39.9 Å². The Hall–Kier alpha value is -1.93. The van der Waals surface area contributed by atoms with Crippen LogP contribution >= 0.6 is 22.6 Å². The van der Waals surface area contributed by atoms with Crippen LogP contribution < -0.4 is 10.8 Å². The number of carbonyl (C=O) groups is 1. The van der Waals surface area contributed by atoms with E-state index in [4.69, 9.17) is 4.84 Å². The monoisotopic (exact) mass is 440 g/mol. The van der Waals surface area contributed by atoms with Crippen LogP contribution in [0, 0.1) is 16.3 Å². The molecule has 0 saturated heterocycles. The number of hydrogen-bond acceptors (Lipinski definition) is 3. The summed E-state index contributed by atoms with van der Waals surface area (Å²) in [4.78, 5) is 17.3. The fourth-order valence-electron chi connectivity index (χ4n) is 2.01. The van der Waals surface area contributed by atoms with Gasteiger partial charge in [0.25, 0.3) is 5.91 Å². The van der Waals surface area contributed by atoms with Crippen molar-refractivity contribution in [2.24, 2.45) is 0 Å². The largest absolute Gasteiger partial charge is 0.355 e. The summed E-state index contributed by atoms with van der Waals surface area (Å²) in [6.07, 6.45) is 0. The molecule has 1 amide bonds. The van der Waals surface area contributed by atoms with E-state index in [2.05, 4.69) is 40.0 Å². The second kappa shape index (κ2) is 8.25. The molecule has 6 heteroatoms. The van der Waals surface area contributed by atoms with Crippen LogP contribution in [0.4, 0.5) is 15.8 Å². The Morgan fingerprint density at radius 1 is 1.25 bits per heavy atom. The standard InChI is InChI=1S/C18H18FIN2O2/c1-11(2)10-24-22-18(23)15-6-4-13(19)9-17(15)21-16-7-5-14(20)8-12(16)3/h4-9,21H,1,10H2,2-3H3,(H,22,23). The van der Waals surface area contributed by atoms with Gasteiger partial charge in [-0.25, -0.2) is 9.87 Å². The number of anilines is 2. The molecule has 2 aromatic carbocycles. The molecule has 2 aromatic rings. The molecule has 0 aromatic heterocycles. The summed E-state index contributed by atoms with van der Waals surface area (Å²) in [6.45, 7) is 7.63. The maximum atomic E-state index is 13.6. The zero-order chi connectivity index (χ0) is 17.7. The summed E-state index contributed by atoms with van der Waals surface area (Å²) in [5.74, 6) is -0.887. The van der Waals surface area contributed by atoms with E-state index in [0.717, 1.165) is 20.4 Å². The van der Waals surface area contributed by atoms with Crippen molar-refractivity contribution in [3.05, 3.63) is 69.1 Å². The molecule has 0 atom stereocenters. The Balaban J connectivity index is 2.24. The van der Waals surface area contributed by atoms with Gasteiger partial charge < -0.3 is 5.32 Å². The lowest BCUT2D eigenvalue weighted by Crippen LogP contribution is -2.25. The average molecular weight is 440 g/mol. The fourth-order valence-corrected chi connectivity index (χ4v) is 2.66. The minimum absolute atomic E-state index is 0.214. The van der Waals surface area contributed by atoms with Crippen LogP contribution in [0.1, 0.15) is 22.8 Å². The molecule has 0 radical (unpaired) electrons. The topological polar surface area (TPSA) is 50.4 Å². The molecular formula is C18H18FIN2O2. The van der Waals surface area contributed by atoms with Crippen molar-refractivity contribution in [2.75, 3.05) is 11.9 Å². The Bertz CT molecular complexity index is 778. The van der Waals surface area contributed by atoms with Gasteiger partial charge in [0.1, 0.15) is 5.82 Å². The van der Waals surface area contributed by atoms with E-state index in [1.807, 2.05) is 25.1 Å². The Labute approximate surface area is 154 Å². The molecule has 2 rings (SSSR count). The molecule has 0 saturated carbocycles. The maximum Gasteiger partial charge on any atom is 0.276 e. The lowest BCUT2D eigenvalue weighted by Gasteiger charge is -2.14. The lowest BCUT2D eigenvalue weighted by atomic mass is 10.1. The van der Waals surface area contributed by atoms with Gasteiger partial charge in [-0.05, 0) is 78.4 Å². The van der Waals surface area contributed by atoms with Crippen molar-refractivity contribution in [1.29, 1.82) is 0 Å². The van der Waals surface area contributed by atoms with Crippen molar-refractivity contribution in [3.63, 3.8) is 0 Å². The number of rotatable bonds is 6. The summed E-state index contributed by atoms with van der Waals surface area (Å²) < 4.78 is 14.7. The van der Waals surface area contributed by atoms with Crippen LogP contribution in [-0.4, -0.2) is 12.5 Å². The number of hydrogen-bond donors (Lipinski definition) is 2. The maximum absolute atomic E-state index is 13.6. The summed E-state index contributed by atoms with van der Waals surface area (Å²) >= 11 is 2.22. The van der Waals surface area contributed by atoms with Crippen LogP contribution in [0.15, 0.2) is 48.6 Å². The molecule has 4 nitrogen and oxygen atoms in total. The van der Waals surface area contributed by atoms with E-state index in [1.165, 1.54) is 18.2 Å². The second-order valence-electron chi connectivity index (χ2n) is 5.45. The van der Waals surface area contributed by atoms with Crippen LogP contribution in [-0.2, 0) is 4.84 Å². The smallest absolute Gasteiger partial charge is 0.276 e. The second-order valence-corrected chi connectivity index (χ2v) is 6.70. The highest BCUT2D eigenvalue weighted by molar-refractivity contribution is 14.1. The number of halogens is 2. The quantitative estimate of drug-likeness (QED) is 0.389. The van der Waals surface area contributed by atoms with Crippen molar-refractivity contribution in [2.45, 2.75) is 13.8 Å². The normalized spacial score (nSPS) is 10.3. The molecule has 0 unspecified atom stereocenters. The first-order valence-corrected chi connectivity index (χ1v) is 8.34. The number of aryl methyl sites for hydroxylation is 1. The Kier molecular flexibility index (Phi) is 6.33. The molecule has 24 heavy (non-hydrogen) atoms. The van der Waals surface area contributed by atoms with Gasteiger partial charge in [0.2, 0.25) is 0 Å². The predicted octanol–water partition coefficient (Wildman–Crippen LogP) is 4.72. The van der Waals surface area contributed by atoms with Gasteiger partial charge in [-0.15, -0.1) is 0 Å². The number of hydroxylamine groups is 1. The van der Waals surface area contributed by atoms with Crippen molar-refractivity contribution in [3.8, 4) is 0 Å². The average Bonchev–Trinajstić information content (AvgIpc) is 2.49. The van der Waals surface area contributed by atoms with E-state index in [-0.39, 0.29) is 12.2 Å². The molecule has 0 aliphatic carbocycles. The lowest BCUT2D eigenvalue weighted by molar-refractivity contribution is 0.0401. The third-order valence-corrected chi connectivity index (χ3v) is 3.84. The first-order chi connectivity index (χ1) is 11.4. The molecule has 0 heterocycles.